The van der Waals surface area contributed by atoms with Gasteiger partial charge in [0.2, 0.25) is 0 Å². The van der Waals surface area contributed by atoms with Crippen LogP contribution >= 0.6 is 0 Å². The Kier molecular flexibility index (Phi) is 17.0. The van der Waals surface area contributed by atoms with Crippen LogP contribution in [0.3, 0.4) is 0 Å². The molecule has 0 aliphatic rings. The van der Waals surface area contributed by atoms with Gasteiger partial charge in [-0.2, -0.15) is 5.48 Å². The van der Waals surface area contributed by atoms with Crippen molar-refractivity contribution in [2.24, 2.45) is 5.73 Å². The van der Waals surface area contributed by atoms with E-state index in [4.69, 9.17) is 15.7 Å². The zero-order chi connectivity index (χ0) is 13.6. The summed E-state index contributed by atoms with van der Waals surface area (Å²) < 4.78 is 0. The Hall–Kier alpha value is -0.517. The van der Waals surface area contributed by atoms with Crippen LogP contribution in [0.2, 0.25) is 0 Å². The van der Waals surface area contributed by atoms with Gasteiger partial charge in [0.15, 0.2) is 0 Å². The minimum atomic E-state index is -0.734. The standard InChI is InChI=1S/C12H24N2O4.Zn/c13-9-10-14-18-12(17)8-6-4-2-1-3-5-7-11(15)16;/h14H,1-10,13H2,(H,15,16);. The van der Waals surface area contributed by atoms with Crippen LogP contribution in [0.25, 0.3) is 0 Å². The molecule has 6 nitrogen and oxygen atoms in total. The van der Waals surface area contributed by atoms with Crippen LogP contribution in [0.1, 0.15) is 51.4 Å². The van der Waals surface area contributed by atoms with E-state index in [0.29, 0.717) is 19.5 Å². The summed E-state index contributed by atoms with van der Waals surface area (Å²) in [6.45, 7) is 0.902. The predicted molar refractivity (Wildman–Crippen MR) is 67.7 cm³/mol. The van der Waals surface area contributed by atoms with Crippen LogP contribution in [0, 0.1) is 0 Å². The van der Waals surface area contributed by atoms with E-state index in [0.717, 1.165) is 38.5 Å². The van der Waals surface area contributed by atoms with Gasteiger partial charge in [-0.1, -0.05) is 25.7 Å². The molecule has 0 aliphatic carbocycles. The van der Waals surface area contributed by atoms with E-state index in [1.165, 1.54) is 0 Å². The molecule has 0 unspecified atom stereocenters. The number of hydrogen-bond donors (Lipinski definition) is 3. The number of aliphatic carboxylic acids is 1. The number of carbonyl (C=O) groups is 2. The van der Waals surface area contributed by atoms with E-state index in [-0.39, 0.29) is 31.9 Å². The van der Waals surface area contributed by atoms with Crippen molar-refractivity contribution in [1.29, 1.82) is 0 Å². The van der Waals surface area contributed by atoms with Crippen molar-refractivity contribution in [2.75, 3.05) is 13.1 Å². The largest absolute Gasteiger partial charge is 0.481 e. The Morgan fingerprint density at radius 2 is 1.53 bits per heavy atom. The molecular formula is C12H24N2O4Zn. The van der Waals surface area contributed by atoms with Crippen LogP contribution in [0.4, 0.5) is 0 Å². The summed E-state index contributed by atoms with van der Waals surface area (Å²) in [6, 6.07) is 0. The third-order valence-corrected chi connectivity index (χ3v) is 2.45. The van der Waals surface area contributed by atoms with Crippen molar-refractivity contribution in [3.63, 3.8) is 0 Å². The van der Waals surface area contributed by atoms with Gasteiger partial charge in [-0.15, -0.1) is 0 Å². The molecule has 0 saturated carbocycles. The summed E-state index contributed by atoms with van der Waals surface area (Å²) >= 11 is 0. The molecule has 0 bridgehead atoms. The van der Waals surface area contributed by atoms with Gasteiger partial charge in [0.25, 0.3) is 0 Å². The second-order valence-electron chi connectivity index (χ2n) is 4.17. The number of hydroxylamine groups is 1. The van der Waals surface area contributed by atoms with Crippen LogP contribution in [-0.2, 0) is 33.9 Å². The number of carbonyl (C=O) groups excluding carboxylic acids is 1. The molecular weight excluding hydrogens is 302 g/mol. The maximum Gasteiger partial charge on any atom is 0.324 e. The van der Waals surface area contributed by atoms with Crippen molar-refractivity contribution in [3.05, 3.63) is 0 Å². The fraction of sp³-hybridized carbons (Fsp3) is 0.833. The molecule has 108 valence electrons. The zero-order valence-electron chi connectivity index (χ0n) is 11.5. The van der Waals surface area contributed by atoms with Crippen molar-refractivity contribution in [1.82, 2.24) is 5.48 Å². The smallest absolute Gasteiger partial charge is 0.324 e. The number of nitrogens with one attached hydrogen (secondary N) is 1. The number of nitrogens with two attached hydrogens (primary N) is 1. The summed E-state index contributed by atoms with van der Waals surface area (Å²) in [5.74, 6) is -0.989. The maximum atomic E-state index is 11.1. The summed E-state index contributed by atoms with van der Waals surface area (Å²) in [7, 11) is 0. The first-order valence-electron chi connectivity index (χ1n) is 6.51. The molecule has 0 aliphatic heterocycles. The first-order valence-corrected chi connectivity index (χ1v) is 6.51. The van der Waals surface area contributed by atoms with Crippen molar-refractivity contribution < 1.29 is 39.0 Å². The number of carboxylic acid groups (broad SMARTS) is 1. The molecule has 0 radical (unpaired) electrons. The Morgan fingerprint density at radius 3 is 2.05 bits per heavy atom. The number of hydrogen-bond acceptors (Lipinski definition) is 5. The normalized spacial score (nSPS) is 9.74. The molecule has 4 N–H and O–H groups in total. The minimum Gasteiger partial charge on any atom is -0.481 e. The molecule has 0 aromatic rings. The first kappa shape index (κ1) is 20.8. The van der Waals surface area contributed by atoms with Gasteiger partial charge >= 0.3 is 11.9 Å². The third kappa shape index (κ3) is 17.5. The molecule has 0 atom stereocenters. The average molecular weight is 326 g/mol. The van der Waals surface area contributed by atoms with E-state index in [1.54, 1.807) is 0 Å². The Balaban J connectivity index is 0. The molecule has 0 spiro atoms. The van der Waals surface area contributed by atoms with E-state index in [9.17, 15) is 9.59 Å². The Bertz CT molecular complexity index is 240. The molecule has 0 aromatic heterocycles. The van der Waals surface area contributed by atoms with Crippen molar-refractivity contribution >= 4 is 11.9 Å². The minimum absolute atomic E-state index is 0. The van der Waals surface area contributed by atoms with Gasteiger partial charge in [-0.3, -0.25) is 9.59 Å². The van der Waals surface area contributed by atoms with E-state index < -0.39 is 5.97 Å². The zero-order valence-corrected chi connectivity index (χ0v) is 14.5. The fourth-order valence-corrected chi connectivity index (χ4v) is 1.49. The Labute approximate surface area is 127 Å². The van der Waals surface area contributed by atoms with Crippen molar-refractivity contribution in [3.8, 4) is 0 Å². The monoisotopic (exact) mass is 324 g/mol. The van der Waals surface area contributed by atoms with Gasteiger partial charge in [0, 0.05) is 45.4 Å². The SMILES string of the molecule is NCCNOC(=O)CCCCCCCCC(=O)O.[Zn]. The third-order valence-electron chi connectivity index (χ3n) is 2.45. The van der Waals surface area contributed by atoms with E-state index in [2.05, 4.69) is 5.48 Å². The molecule has 0 heterocycles. The van der Waals surface area contributed by atoms with Crippen LogP contribution in [-0.4, -0.2) is 30.1 Å². The summed E-state index contributed by atoms with van der Waals surface area (Å²) in [4.78, 5) is 26.1. The second-order valence-corrected chi connectivity index (χ2v) is 4.17. The van der Waals surface area contributed by atoms with Crippen LogP contribution in [0.15, 0.2) is 0 Å². The summed E-state index contributed by atoms with van der Waals surface area (Å²) in [5, 5.41) is 8.44. The summed E-state index contributed by atoms with van der Waals surface area (Å²) in [6.07, 6.45) is 6.17. The average Bonchev–Trinajstić information content (AvgIpc) is 2.32. The van der Waals surface area contributed by atoms with Crippen molar-refractivity contribution in [2.45, 2.75) is 51.4 Å². The molecule has 0 fully saturated rings. The molecule has 0 amide bonds. The fourth-order valence-electron chi connectivity index (χ4n) is 1.49. The second kappa shape index (κ2) is 15.5. The molecule has 0 aromatic carbocycles. The van der Waals surface area contributed by atoms with Gasteiger partial charge in [0.05, 0.1) is 0 Å². The summed E-state index contributed by atoms with van der Waals surface area (Å²) in [5.41, 5.74) is 7.71. The van der Waals surface area contributed by atoms with Gasteiger partial charge in [-0.05, 0) is 12.8 Å². The first-order chi connectivity index (χ1) is 8.66. The molecule has 7 heteroatoms. The molecule has 19 heavy (non-hydrogen) atoms. The maximum absolute atomic E-state index is 11.1. The van der Waals surface area contributed by atoms with Gasteiger partial charge < -0.3 is 15.7 Å². The number of unbranched alkanes of at least 4 members (excludes halogenated alkanes) is 5. The Morgan fingerprint density at radius 1 is 1.00 bits per heavy atom. The van der Waals surface area contributed by atoms with Gasteiger partial charge in [-0.25, -0.2) is 0 Å². The topological polar surface area (TPSA) is 102 Å². The number of carboxylic acids is 1. The number of rotatable bonds is 12. The predicted octanol–water partition coefficient (Wildman–Crippen LogP) is 1.20. The van der Waals surface area contributed by atoms with Crippen LogP contribution in [0.5, 0.6) is 0 Å². The molecule has 0 saturated heterocycles. The molecule has 0 rings (SSSR count). The van der Waals surface area contributed by atoms with Crippen LogP contribution < -0.4 is 11.2 Å². The van der Waals surface area contributed by atoms with Gasteiger partial charge in [0.1, 0.15) is 0 Å². The quantitative estimate of drug-likeness (QED) is 0.283. The van der Waals surface area contributed by atoms with E-state index >= 15 is 0 Å². The van der Waals surface area contributed by atoms with E-state index in [1.807, 2.05) is 0 Å².